The van der Waals surface area contributed by atoms with Gasteiger partial charge in [0, 0.05) is 38.6 Å². The van der Waals surface area contributed by atoms with Gasteiger partial charge in [-0.3, -0.25) is 4.90 Å². The van der Waals surface area contributed by atoms with Gasteiger partial charge in [-0.1, -0.05) is 29.8 Å². The Morgan fingerprint density at radius 3 is 2.39 bits per heavy atom. The Balaban J connectivity index is 1.57. The molecule has 2 atom stereocenters. The molecule has 0 aromatic heterocycles. The number of para-hydroxylation sites is 2. The lowest BCUT2D eigenvalue weighted by Gasteiger charge is -2.43. The van der Waals surface area contributed by atoms with Crippen molar-refractivity contribution in [2.24, 2.45) is 5.92 Å². The van der Waals surface area contributed by atoms with Gasteiger partial charge in [0.25, 0.3) is 0 Å². The molecule has 0 saturated carbocycles. The van der Waals surface area contributed by atoms with Crippen LogP contribution >= 0.6 is 0 Å². The summed E-state index contributed by atoms with van der Waals surface area (Å²) in [7, 11) is -1.78. The first kappa shape index (κ1) is 22.1. The van der Waals surface area contributed by atoms with E-state index in [4.69, 9.17) is 4.74 Å². The predicted octanol–water partition coefficient (Wildman–Crippen LogP) is 2.93. The minimum absolute atomic E-state index is 0.0952. The summed E-state index contributed by atoms with van der Waals surface area (Å²) in [6.45, 7) is 6.68. The lowest BCUT2D eigenvalue weighted by molar-refractivity contribution is 0.167. The first-order chi connectivity index (χ1) is 15.0. The topological polar surface area (TPSA) is 61.9 Å². The minimum Gasteiger partial charge on any atom is -0.495 e. The largest absolute Gasteiger partial charge is 0.495 e. The van der Waals surface area contributed by atoms with E-state index in [1.807, 2.05) is 37.3 Å². The maximum Gasteiger partial charge on any atom is 0.194 e. The number of sulfone groups is 1. The quantitative estimate of drug-likeness (QED) is 0.741. The minimum atomic E-state index is -3.47. The van der Waals surface area contributed by atoms with Crippen molar-refractivity contribution in [2.75, 3.05) is 51.3 Å². The Morgan fingerprint density at radius 2 is 1.74 bits per heavy atom. The molecule has 0 amide bonds. The summed E-state index contributed by atoms with van der Waals surface area (Å²) in [5.74, 6) is 0.953. The zero-order chi connectivity index (χ0) is 21.8. The predicted molar refractivity (Wildman–Crippen MR) is 125 cm³/mol. The highest BCUT2D eigenvalue weighted by molar-refractivity contribution is 7.92. The molecule has 31 heavy (non-hydrogen) atoms. The first-order valence-corrected chi connectivity index (χ1v) is 12.7. The SMILES string of the molecule is COc1ccccc1N1CCN(C(C2CCCNC2)S(=O)(=O)c2ccc(C)cc2)CC1. The fourth-order valence-corrected chi connectivity index (χ4v) is 6.98. The van der Waals surface area contributed by atoms with Gasteiger partial charge in [0.1, 0.15) is 11.1 Å². The smallest absolute Gasteiger partial charge is 0.194 e. The Kier molecular flexibility index (Phi) is 6.84. The van der Waals surface area contributed by atoms with Gasteiger partial charge in [-0.2, -0.15) is 0 Å². The van der Waals surface area contributed by atoms with Crippen LogP contribution in [0.2, 0.25) is 0 Å². The summed E-state index contributed by atoms with van der Waals surface area (Å²) in [6.07, 6.45) is 1.96. The molecule has 2 aliphatic rings. The number of rotatable bonds is 6. The van der Waals surface area contributed by atoms with E-state index in [1.165, 1.54) is 0 Å². The number of ether oxygens (including phenoxy) is 1. The average Bonchev–Trinajstić information content (AvgIpc) is 2.80. The Bertz CT molecular complexity index is 964. The molecule has 2 saturated heterocycles. The van der Waals surface area contributed by atoms with E-state index < -0.39 is 15.2 Å². The van der Waals surface area contributed by atoms with E-state index in [0.717, 1.165) is 56.0 Å². The summed E-state index contributed by atoms with van der Waals surface area (Å²) >= 11 is 0. The number of anilines is 1. The molecule has 0 aliphatic carbocycles. The molecule has 2 heterocycles. The molecule has 6 nitrogen and oxygen atoms in total. The standard InChI is InChI=1S/C24H33N3O3S/c1-19-9-11-21(12-10-19)31(28,29)24(20-6-5-13-25-18-20)27-16-14-26(15-17-27)22-7-3-4-8-23(22)30-2/h3-4,7-12,20,24-25H,5-6,13-18H2,1-2H3. The lowest BCUT2D eigenvalue weighted by Crippen LogP contribution is -2.57. The second kappa shape index (κ2) is 9.59. The van der Waals surface area contributed by atoms with Crippen molar-refractivity contribution < 1.29 is 13.2 Å². The van der Waals surface area contributed by atoms with Gasteiger partial charge >= 0.3 is 0 Å². The number of nitrogens with one attached hydrogen (secondary N) is 1. The summed E-state index contributed by atoms with van der Waals surface area (Å²) in [5, 5.41) is 2.92. The third-order valence-corrected chi connectivity index (χ3v) is 8.75. The normalized spacial score (nSPS) is 21.6. The van der Waals surface area contributed by atoms with Gasteiger partial charge in [-0.25, -0.2) is 8.42 Å². The number of aryl methyl sites for hydroxylation is 1. The second-order valence-electron chi connectivity index (χ2n) is 8.55. The molecule has 2 aromatic rings. The van der Waals surface area contributed by atoms with Gasteiger partial charge in [-0.05, 0) is 50.6 Å². The second-order valence-corrected chi connectivity index (χ2v) is 10.6. The zero-order valence-electron chi connectivity index (χ0n) is 18.5. The van der Waals surface area contributed by atoms with Crippen LogP contribution in [0.15, 0.2) is 53.4 Å². The highest BCUT2D eigenvalue weighted by Gasteiger charge is 2.41. The van der Waals surface area contributed by atoms with Crippen molar-refractivity contribution in [1.82, 2.24) is 10.2 Å². The number of nitrogens with zero attached hydrogens (tertiary/aromatic N) is 2. The van der Waals surface area contributed by atoms with Crippen LogP contribution in [0, 0.1) is 12.8 Å². The Morgan fingerprint density at radius 1 is 1.03 bits per heavy atom. The van der Waals surface area contributed by atoms with Crippen molar-refractivity contribution in [3.8, 4) is 5.75 Å². The monoisotopic (exact) mass is 443 g/mol. The van der Waals surface area contributed by atoms with Crippen LogP contribution in [0.25, 0.3) is 0 Å². The van der Waals surface area contributed by atoms with Crippen molar-refractivity contribution >= 4 is 15.5 Å². The van der Waals surface area contributed by atoms with Gasteiger partial charge in [0.2, 0.25) is 0 Å². The van der Waals surface area contributed by atoms with Gasteiger partial charge in [-0.15, -0.1) is 0 Å². The molecule has 4 rings (SSSR count). The van der Waals surface area contributed by atoms with Crippen molar-refractivity contribution in [1.29, 1.82) is 0 Å². The summed E-state index contributed by atoms with van der Waals surface area (Å²) < 4.78 is 33.1. The van der Waals surface area contributed by atoms with Crippen LogP contribution in [0.4, 0.5) is 5.69 Å². The van der Waals surface area contributed by atoms with Crippen LogP contribution in [0.3, 0.4) is 0 Å². The molecule has 168 valence electrons. The fourth-order valence-electron chi connectivity index (χ4n) is 4.85. The van der Waals surface area contributed by atoms with Crippen molar-refractivity contribution in [2.45, 2.75) is 30.0 Å². The molecular weight excluding hydrogens is 410 g/mol. The molecule has 7 heteroatoms. The third kappa shape index (κ3) is 4.73. The molecule has 1 N–H and O–H groups in total. The Labute approximate surface area is 186 Å². The fraction of sp³-hybridized carbons (Fsp3) is 0.500. The van der Waals surface area contributed by atoms with E-state index in [2.05, 4.69) is 21.2 Å². The molecule has 0 radical (unpaired) electrons. The van der Waals surface area contributed by atoms with Crippen molar-refractivity contribution in [3.63, 3.8) is 0 Å². The molecule has 0 spiro atoms. The number of methoxy groups -OCH3 is 1. The van der Waals surface area contributed by atoms with Gasteiger partial charge in [0.05, 0.1) is 17.7 Å². The number of piperazine rings is 1. The van der Waals surface area contributed by atoms with E-state index in [0.29, 0.717) is 18.0 Å². The molecule has 2 fully saturated rings. The van der Waals surface area contributed by atoms with E-state index >= 15 is 0 Å². The number of benzene rings is 2. The van der Waals surface area contributed by atoms with Crippen LogP contribution in [0.1, 0.15) is 18.4 Å². The van der Waals surface area contributed by atoms with Gasteiger partial charge in [0.15, 0.2) is 9.84 Å². The van der Waals surface area contributed by atoms with E-state index in [9.17, 15) is 8.42 Å². The van der Waals surface area contributed by atoms with E-state index in [-0.39, 0.29) is 5.92 Å². The highest BCUT2D eigenvalue weighted by Crippen LogP contribution is 2.32. The number of piperidine rings is 1. The third-order valence-electron chi connectivity index (χ3n) is 6.51. The van der Waals surface area contributed by atoms with Crippen LogP contribution in [0.5, 0.6) is 5.75 Å². The maximum atomic E-state index is 13.8. The summed E-state index contributed by atoms with van der Waals surface area (Å²) in [6, 6.07) is 15.3. The average molecular weight is 444 g/mol. The molecular formula is C24H33N3O3S. The van der Waals surface area contributed by atoms with Crippen LogP contribution in [-0.4, -0.2) is 65.1 Å². The van der Waals surface area contributed by atoms with Crippen LogP contribution in [-0.2, 0) is 9.84 Å². The number of hydrogen-bond donors (Lipinski definition) is 1. The molecule has 2 aliphatic heterocycles. The summed E-state index contributed by atoms with van der Waals surface area (Å²) in [4.78, 5) is 4.92. The molecule has 0 bridgehead atoms. The highest BCUT2D eigenvalue weighted by atomic mass is 32.2. The molecule has 2 aromatic carbocycles. The van der Waals surface area contributed by atoms with Crippen molar-refractivity contribution in [3.05, 3.63) is 54.1 Å². The molecule has 2 unspecified atom stereocenters. The first-order valence-electron chi connectivity index (χ1n) is 11.1. The Hall–Kier alpha value is -2.09. The number of hydrogen-bond acceptors (Lipinski definition) is 6. The van der Waals surface area contributed by atoms with Crippen LogP contribution < -0.4 is 15.0 Å². The lowest BCUT2D eigenvalue weighted by atomic mass is 9.98. The van der Waals surface area contributed by atoms with Gasteiger partial charge < -0.3 is 15.0 Å². The zero-order valence-corrected chi connectivity index (χ0v) is 19.3. The van der Waals surface area contributed by atoms with E-state index in [1.54, 1.807) is 19.2 Å². The summed E-state index contributed by atoms with van der Waals surface area (Å²) in [5.41, 5.74) is 2.14. The maximum absolute atomic E-state index is 13.8.